The van der Waals surface area contributed by atoms with Gasteiger partial charge < -0.3 is 5.21 Å². The van der Waals surface area contributed by atoms with E-state index in [0.29, 0.717) is 30.2 Å². The van der Waals surface area contributed by atoms with Crippen molar-refractivity contribution in [2.24, 2.45) is 10.3 Å². The molecule has 190 valence electrons. The average molecular weight is 527 g/mol. The maximum Gasteiger partial charge on any atom is 0.276 e. The standard InChI is InChI=1S/C27H31ClN4O3S/c1-18-15-24(28)7-8-25(18)26(17-27(31-33)23-9-12-30-19(2)16-23)22-5-3-20(4-6-22)21-10-13-32(14-11-21)36(29,34)35/h3-9,12,15-16,21,26,33H,10-11,13-14,17H2,1-2H3,(H2,29,34,35). The van der Waals surface area contributed by atoms with Gasteiger partial charge in [0.2, 0.25) is 0 Å². The summed E-state index contributed by atoms with van der Waals surface area (Å²) in [4.78, 5) is 4.25. The lowest BCUT2D eigenvalue weighted by Gasteiger charge is -2.30. The fraction of sp³-hybridized carbons (Fsp3) is 0.333. The predicted octanol–water partition coefficient (Wildman–Crippen LogP) is 5.14. The quantitative estimate of drug-likeness (QED) is 0.252. The van der Waals surface area contributed by atoms with Gasteiger partial charge in [0.05, 0.1) is 5.71 Å². The van der Waals surface area contributed by atoms with Gasteiger partial charge in [0.1, 0.15) is 0 Å². The Labute approximate surface area is 217 Å². The molecular weight excluding hydrogens is 496 g/mol. The van der Waals surface area contributed by atoms with E-state index in [-0.39, 0.29) is 11.8 Å². The van der Waals surface area contributed by atoms with Crippen LogP contribution in [0.3, 0.4) is 0 Å². The van der Waals surface area contributed by atoms with E-state index in [4.69, 9.17) is 16.7 Å². The van der Waals surface area contributed by atoms with Gasteiger partial charge in [-0.05, 0) is 79.1 Å². The summed E-state index contributed by atoms with van der Waals surface area (Å²) >= 11 is 6.24. The van der Waals surface area contributed by atoms with Crippen LogP contribution >= 0.6 is 11.6 Å². The summed E-state index contributed by atoms with van der Waals surface area (Å²) in [5.41, 5.74) is 6.72. The van der Waals surface area contributed by atoms with E-state index in [0.717, 1.165) is 40.8 Å². The molecule has 1 aliphatic rings. The third kappa shape index (κ3) is 6.13. The number of hydrogen-bond acceptors (Lipinski definition) is 5. The minimum Gasteiger partial charge on any atom is -0.411 e. The number of oxime groups is 1. The van der Waals surface area contributed by atoms with Crippen LogP contribution in [0.25, 0.3) is 0 Å². The highest BCUT2D eigenvalue weighted by molar-refractivity contribution is 7.86. The number of nitrogens with zero attached hydrogens (tertiary/aromatic N) is 3. The summed E-state index contributed by atoms with van der Waals surface area (Å²) in [5.74, 6) is 0.224. The molecule has 2 heterocycles. The van der Waals surface area contributed by atoms with Crippen molar-refractivity contribution in [2.45, 2.75) is 44.9 Å². The normalized spacial score (nSPS) is 16.7. The van der Waals surface area contributed by atoms with Crippen molar-refractivity contribution in [1.29, 1.82) is 0 Å². The SMILES string of the molecule is Cc1cc(C(CC(c2ccc(C3CCN(S(N)(=O)=O)CC3)cc2)c2ccc(Cl)cc2C)=NO)ccn1. The molecule has 0 saturated carbocycles. The smallest absolute Gasteiger partial charge is 0.276 e. The molecule has 7 nitrogen and oxygen atoms in total. The van der Waals surface area contributed by atoms with Crippen LogP contribution in [0, 0.1) is 13.8 Å². The number of pyridine rings is 1. The molecule has 1 unspecified atom stereocenters. The predicted molar refractivity (Wildman–Crippen MR) is 143 cm³/mol. The third-order valence-electron chi connectivity index (χ3n) is 6.98. The van der Waals surface area contributed by atoms with Crippen LogP contribution in [0.4, 0.5) is 0 Å². The summed E-state index contributed by atoms with van der Waals surface area (Å²) < 4.78 is 24.6. The Bertz CT molecular complexity index is 1350. The number of halogens is 1. The average Bonchev–Trinajstić information content (AvgIpc) is 2.85. The van der Waals surface area contributed by atoms with Crippen molar-refractivity contribution >= 4 is 27.5 Å². The van der Waals surface area contributed by atoms with Crippen molar-refractivity contribution in [3.05, 3.63) is 99.3 Å². The number of hydrogen-bond donors (Lipinski definition) is 2. The monoisotopic (exact) mass is 526 g/mol. The molecule has 3 N–H and O–H groups in total. The number of benzene rings is 2. The Morgan fingerprint density at radius 3 is 2.42 bits per heavy atom. The highest BCUT2D eigenvalue weighted by atomic mass is 35.5. The number of nitrogens with two attached hydrogens (primary N) is 1. The first kappa shape index (κ1) is 26.3. The molecule has 0 radical (unpaired) electrons. The van der Waals surface area contributed by atoms with Crippen molar-refractivity contribution in [2.75, 3.05) is 13.1 Å². The molecule has 0 aliphatic carbocycles. The Morgan fingerprint density at radius 1 is 1.14 bits per heavy atom. The Kier molecular flexibility index (Phi) is 8.10. The number of aryl methyl sites for hydroxylation is 2. The zero-order chi connectivity index (χ0) is 25.9. The molecule has 1 fully saturated rings. The fourth-order valence-corrected chi connectivity index (χ4v) is 5.96. The molecule has 36 heavy (non-hydrogen) atoms. The van der Waals surface area contributed by atoms with E-state index >= 15 is 0 Å². The van der Waals surface area contributed by atoms with E-state index in [1.54, 1.807) is 6.20 Å². The van der Waals surface area contributed by atoms with Gasteiger partial charge in [0, 0.05) is 47.9 Å². The first-order valence-electron chi connectivity index (χ1n) is 11.9. The minimum absolute atomic E-state index is 0.0556. The van der Waals surface area contributed by atoms with Crippen LogP contribution in [-0.2, 0) is 10.2 Å². The summed E-state index contributed by atoms with van der Waals surface area (Å²) in [5, 5.41) is 19.5. The lowest BCUT2D eigenvalue weighted by molar-refractivity contribution is 0.317. The third-order valence-corrected chi connectivity index (χ3v) is 8.30. The molecule has 1 aliphatic heterocycles. The van der Waals surface area contributed by atoms with Crippen molar-refractivity contribution in [3.63, 3.8) is 0 Å². The summed E-state index contributed by atoms with van der Waals surface area (Å²) in [6.45, 7) is 4.80. The molecule has 9 heteroatoms. The molecule has 4 rings (SSSR count). The molecule has 0 bridgehead atoms. The number of piperidine rings is 1. The molecule has 1 saturated heterocycles. The van der Waals surface area contributed by atoms with Gasteiger partial charge >= 0.3 is 0 Å². The van der Waals surface area contributed by atoms with Gasteiger partial charge in [-0.15, -0.1) is 0 Å². The van der Waals surface area contributed by atoms with Crippen LogP contribution in [0.1, 0.15) is 64.6 Å². The van der Waals surface area contributed by atoms with Gasteiger partial charge in [0.15, 0.2) is 0 Å². The van der Waals surface area contributed by atoms with Crippen LogP contribution in [-0.4, -0.2) is 41.7 Å². The van der Waals surface area contributed by atoms with Crippen molar-refractivity contribution in [3.8, 4) is 0 Å². The largest absolute Gasteiger partial charge is 0.411 e. The molecule has 1 atom stereocenters. The fourth-order valence-electron chi connectivity index (χ4n) is 5.02. The Hall–Kier alpha value is -2.78. The highest BCUT2D eigenvalue weighted by Gasteiger charge is 2.27. The first-order chi connectivity index (χ1) is 17.2. The first-order valence-corrected chi connectivity index (χ1v) is 13.8. The zero-order valence-electron chi connectivity index (χ0n) is 20.4. The van der Waals surface area contributed by atoms with Crippen LogP contribution in [0.15, 0.2) is 65.9 Å². The second kappa shape index (κ2) is 11.1. The highest BCUT2D eigenvalue weighted by Crippen LogP contribution is 2.35. The summed E-state index contributed by atoms with van der Waals surface area (Å²) in [6.07, 6.45) is 3.68. The molecule has 1 aromatic heterocycles. The second-order valence-corrected chi connectivity index (χ2v) is 11.4. The summed E-state index contributed by atoms with van der Waals surface area (Å²) in [6, 6.07) is 18.1. The maximum atomic E-state index is 11.6. The van der Waals surface area contributed by atoms with Gasteiger partial charge in [-0.2, -0.15) is 12.7 Å². The van der Waals surface area contributed by atoms with Gasteiger partial charge in [-0.3, -0.25) is 4.98 Å². The summed E-state index contributed by atoms with van der Waals surface area (Å²) in [7, 11) is -3.64. The van der Waals surface area contributed by atoms with Crippen LogP contribution in [0.5, 0.6) is 0 Å². The van der Waals surface area contributed by atoms with Gasteiger partial charge in [-0.25, -0.2) is 5.14 Å². The van der Waals surface area contributed by atoms with Crippen LogP contribution in [0.2, 0.25) is 5.02 Å². The van der Waals surface area contributed by atoms with Crippen molar-refractivity contribution < 1.29 is 13.6 Å². The maximum absolute atomic E-state index is 11.6. The van der Waals surface area contributed by atoms with E-state index in [1.807, 2.05) is 44.2 Å². The topological polar surface area (TPSA) is 109 Å². The Balaban J connectivity index is 1.62. The van der Waals surface area contributed by atoms with E-state index in [1.165, 1.54) is 9.87 Å². The molecule has 0 amide bonds. The minimum atomic E-state index is -3.64. The number of aromatic nitrogens is 1. The number of rotatable bonds is 7. The van der Waals surface area contributed by atoms with Gasteiger partial charge in [0.25, 0.3) is 10.2 Å². The lowest BCUT2D eigenvalue weighted by atomic mass is 9.82. The van der Waals surface area contributed by atoms with E-state index < -0.39 is 10.2 Å². The second-order valence-electron chi connectivity index (χ2n) is 9.38. The molecule has 2 aromatic carbocycles. The molecule has 0 spiro atoms. The molecule has 3 aromatic rings. The lowest BCUT2D eigenvalue weighted by Crippen LogP contribution is -2.41. The van der Waals surface area contributed by atoms with Gasteiger partial charge in [-0.1, -0.05) is 47.1 Å². The Morgan fingerprint density at radius 2 is 1.83 bits per heavy atom. The zero-order valence-corrected chi connectivity index (χ0v) is 22.0. The van der Waals surface area contributed by atoms with Crippen molar-refractivity contribution in [1.82, 2.24) is 9.29 Å². The van der Waals surface area contributed by atoms with E-state index in [9.17, 15) is 13.6 Å². The molecular formula is C27H31ClN4O3S. The van der Waals surface area contributed by atoms with Crippen LogP contribution < -0.4 is 5.14 Å². The van der Waals surface area contributed by atoms with E-state index in [2.05, 4.69) is 34.4 Å².